The van der Waals surface area contributed by atoms with Gasteiger partial charge in [0.05, 0.1) is 11.1 Å². The number of benzene rings is 1. The third-order valence-electron chi connectivity index (χ3n) is 3.18. The van der Waals surface area contributed by atoms with E-state index in [9.17, 15) is 9.59 Å². The molecule has 1 unspecified atom stereocenters. The molecule has 1 aliphatic carbocycles. The first-order chi connectivity index (χ1) is 8.59. The lowest BCUT2D eigenvalue weighted by molar-refractivity contribution is 0.0680. The van der Waals surface area contributed by atoms with Gasteiger partial charge in [-0.1, -0.05) is 12.2 Å². The molecule has 1 aliphatic rings. The summed E-state index contributed by atoms with van der Waals surface area (Å²) >= 11 is 0. The molecule has 0 heterocycles. The minimum absolute atomic E-state index is 0.00384. The summed E-state index contributed by atoms with van der Waals surface area (Å²) in [6.07, 6.45) is 6.85. The second-order valence-corrected chi connectivity index (χ2v) is 4.38. The Morgan fingerprint density at radius 3 is 2.50 bits per heavy atom. The number of rotatable bonds is 3. The quantitative estimate of drug-likeness (QED) is 0.804. The van der Waals surface area contributed by atoms with Crippen molar-refractivity contribution in [3.63, 3.8) is 0 Å². The van der Waals surface area contributed by atoms with Gasteiger partial charge in [-0.3, -0.25) is 0 Å². The predicted octanol–water partition coefficient (Wildman–Crippen LogP) is 2.91. The Bertz CT molecular complexity index is 517. The van der Waals surface area contributed by atoms with E-state index in [1.807, 2.05) is 12.2 Å². The molecule has 0 aliphatic heterocycles. The van der Waals surface area contributed by atoms with Gasteiger partial charge >= 0.3 is 11.9 Å². The maximum atomic E-state index is 11.2. The van der Waals surface area contributed by atoms with Crippen molar-refractivity contribution in [3.05, 3.63) is 47.0 Å². The van der Waals surface area contributed by atoms with Crippen molar-refractivity contribution in [2.45, 2.75) is 25.2 Å². The molecule has 0 aromatic heterocycles. The minimum atomic E-state index is -1.03. The standard InChI is InChI=1S/C14H14O4/c15-13(16)10-6-7-11(14(17)18)12(8-10)9-4-2-1-3-5-9/h2,4,6-9H,1,3,5H2,(H,15,16)(H,17,18). The van der Waals surface area contributed by atoms with Gasteiger partial charge in [-0.25, -0.2) is 9.59 Å². The van der Waals surface area contributed by atoms with E-state index in [-0.39, 0.29) is 17.0 Å². The lowest BCUT2D eigenvalue weighted by atomic mass is 9.85. The zero-order chi connectivity index (χ0) is 13.1. The average Bonchev–Trinajstić information content (AvgIpc) is 2.39. The van der Waals surface area contributed by atoms with Gasteiger partial charge in [-0.15, -0.1) is 0 Å². The Morgan fingerprint density at radius 1 is 1.17 bits per heavy atom. The second kappa shape index (κ2) is 5.04. The third kappa shape index (κ3) is 2.42. The second-order valence-electron chi connectivity index (χ2n) is 4.38. The number of carboxylic acids is 2. The molecule has 0 saturated carbocycles. The average molecular weight is 246 g/mol. The molecule has 18 heavy (non-hydrogen) atoms. The van der Waals surface area contributed by atoms with Crippen molar-refractivity contribution in [1.29, 1.82) is 0 Å². The molecule has 2 rings (SSSR count). The number of hydrogen-bond donors (Lipinski definition) is 2. The third-order valence-corrected chi connectivity index (χ3v) is 3.18. The molecule has 0 spiro atoms. The normalized spacial score (nSPS) is 18.6. The van der Waals surface area contributed by atoms with Crippen molar-refractivity contribution in [2.24, 2.45) is 0 Å². The molecule has 1 atom stereocenters. The van der Waals surface area contributed by atoms with E-state index in [2.05, 4.69) is 0 Å². The van der Waals surface area contributed by atoms with Crippen LogP contribution in [0.5, 0.6) is 0 Å². The van der Waals surface area contributed by atoms with E-state index in [1.165, 1.54) is 18.2 Å². The highest BCUT2D eigenvalue weighted by Crippen LogP contribution is 2.30. The summed E-state index contributed by atoms with van der Waals surface area (Å²) in [7, 11) is 0. The van der Waals surface area contributed by atoms with Crippen LogP contribution in [0.25, 0.3) is 0 Å². The van der Waals surface area contributed by atoms with Crippen LogP contribution >= 0.6 is 0 Å². The summed E-state index contributed by atoms with van der Waals surface area (Å²) in [5, 5.41) is 18.1. The van der Waals surface area contributed by atoms with Gasteiger partial charge in [0.1, 0.15) is 0 Å². The zero-order valence-electron chi connectivity index (χ0n) is 9.80. The van der Waals surface area contributed by atoms with Crippen LogP contribution < -0.4 is 0 Å². The van der Waals surface area contributed by atoms with E-state index in [1.54, 1.807) is 0 Å². The van der Waals surface area contributed by atoms with Gasteiger partial charge in [0.25, 0.3) is 0 Å². The Labute approximate surface area is 105 Å². The number of allylic oxidation sites excluding steroid dienone is 2. The first-order valence-corrected chi connectivity index (χ1v) is 5.87. The largest absolute Gasteiger partial charge is 0.478 e. The Kier molecular flexibility index (Phi) is 3.46. The van der Waals surface area contributed by atoms with Crippen LogP contribution in [0.4, 0.5) is 0 Å². The summed E-state index contributed by atoms with van der Waals surface area (Å²) in [5.74, 6) is -2.04. The molecule has 4 heteroatoms. The summed E-state index contributed by atoms with van der Waals surface area (Å²) < 4.78 is 0. The van der Waals surface area contributed by atoms with E-state index in [0.717, 1.165) is 19.3 Å². The van der Waals surface area contributed by atoms with Gasteiger partial charge in [-0.05, 0) is 43.0 Å². The highest BCUT2D eigenvalue weighted by Gasteiger charge is 2.20. The molecule has 0 radical (unpaired) electrons. The van der Waals surface area contributed by atoms with E-state index < -0.39 is 11.9 Å². The van der Waals surface area contributed by atoms with Crippen LogP contribution in [0.1, 0.15) is 51.5 Å². The van der Waals surface area contributed by atoms with Crippen molar-refractivity contribution in [2.75, 3.05) is 0 Å². The first-order valence-electron chi connectivity index (χ1n) is 5.87. The minimum Gasteiger partial charge on any atom is -0.478 e. The fraction of sp³-hybridized carbons (Fsp3) is 0.286. The van der Waals surface area contributed by atoms with Crippen molar-refractivity contribution < 1.29 is 19.8 Å². The molecular formula is C14H14O4. The molecule has 1 aromatic carbocycles. The molecule has 0 saturated heterocycles. The summed E-state index contributed by atoms with van der Waals surface area (Å²) in [6.45, 7) is 0. The number of hydrogen-bond acceptors (Lipinski definition) is 2. The molecule has 0 bridgehead atoms. The maximum Gasteiger partial charge on any atom is 0.335 e. The lowest BCUT2D eigenvalue weighted by Crippen LogP contribution is -2.10. The van der Waals surface area contributed by atoms with Gasteiger partial charge in [0, 0.05) is 5.92 Å². The van der Waals surface area contributed by atoms with Crippen LogP contribution in [-0.2, 0) is 0 Å². The van der Waals surface area contributed by atoms with Crippen molar-refractivity contribution >= 4 is 11.9 Å². The monoisotopic (exact) mass is 246 g/mol. The van der Waals surface area contributed by atoms with Gasteiger partial charge in [0.2, 0.25) is 0 Å². The predicted molar refractivity (Wildman–Crippen MR) is 66.1 cm³/mol. The SMILES string of the molecule is O=C(O)c1ccc(C(=O)O)c(C2C=CCCC2)c1. The molecule has 2 N–H and O–H groups in total. The zero-order valence-corrected chi connectivity index (χ0v) is 9.80. The van der Waals surface area contributed by atoms with Gasteiger partial charge < -0.3 is 10.2 Å². The molecule has 0 fully saturated rings. The van der Waals surface area contributed by atoms with Gasteiger partial charge in [-0.2, -0.15) is 0 Å². The lowest BCUT2D eigenvalue weighted by Gasteiger charge is -2.19. The number of aromatic carboxylic acids is 2. The highest BCUT2D eigenvalue weighted by atomic mass is 16.4. The van der Waals surface area contributed by atoms with Gasteiger partial charge in [0.15, 0.2) is 0 Å². The fourth-order valence-corrected chi connectivity index (χ4v) is 2.27. The Morgan fingerprint density at radius 2 is 1.94 bits per heavy atom. The summed E-state index contributed by atoms with van der Waals surface area (Å²) in [4.78, 5) is 22.1. The van der Waals surface area contributed by atoms with Crippen LogP contribution in [0, 0.1) is 0 Å². The first kappa shape index (κ1) is 12.4. The summed E-state index contributed by atoms with van der Waals surface area (Å²) in [5.41, 5.74) is 0.920. The fourth-order valence-electron chi connectivity index (χ4n) is 2.27. The van der Waals surface area contributed by atoms with Crippen LogP contribution in [0.3, 0.4) is 0 Å². The molecule has 0 amide bonds. The van der Waals surface area contributed by atoms with Crippen LogP contribution in [0.15, 0.2) is 30.4 Å². The number of carbonyl (C=O) groups is 2. The summed E-state index contributed by atoms with van der Waals surface area (Å²) in [6, 6.07) is 4.19. The molecule has 94 valence electrons. The van der Waals surface area contributed by atoms with Crippen LogP contribution in [0.2, 0.25) is 0 Å². The highest BCUT2D eigenvalue weighted by molar-refractivity contribution is 5.93. The maximum absolute atomic E-state index is 11.2. The van der Waals surface area contributed by atoms with E-state index >= 15 is 0 Å². The Balaban J connectivity index is 2.49. The van der Waals surface area contributed by atoms with E-state index in [0.29, 0.717) is 5.56 Å². The number of carboxylic acid groups (broad SMARTS) is 2. The van der Waals surface area contributed by atoms with Crippen molar-refractivity contribution in [1.82, 2.24) is 0 Å². The van der Waals surface area contributed by atoms with Crippen LogP contribution in [-0.4, -0.2) is 22.2 Å². The van der Waals surface area contributed by atoms with Crippen molar-refractivity contribution in [3.8, 4) is 0 Å². The molecule has 1 aromatic rings. The molecular weight excluding hydrogens is 232 g/mol. The smallest absolute Gasteiger partial charge is 0.335 e. The molecule has 4 nitrogen and oxygen atoms in total. The Hall–Kier alpha value is -2.10. The topological polar surface area (TPSA) is 74.6 Å². The van der Waals surface area contributed by atoms with E-state index in [4.69, 9.17) is 10.2 Å².